The Morgan fingerprint density at radius 1 is 0.254 bits per heavy atom. The zero-order valence-electron chi connectivity index (χ0n) is 38.2. The van der Waals surface area contributed by atoms with Crippen LogP contribution in [0, 0.1) is 0 Å². The minimum Gasteiger partial charge on any atom is -0.305 e. The van der Waals surface area contributed by atoms with E-state index in [2.05, 4.69) is 255 Å². The minimum atomic E-state index is 0.835. The zero-order chi connectivity index (χ0) is 46.3. The summed E-state index contributed by atoms with van der Waals surface area (Å²) in [5.74, 6) is 1.67. The summed E-state index contributed by atoms with van der Waals surface area (Å²) in [6.45, 7) is 0. The van der Waals surface area contributed by atoms with Crippen LogP contribution in [0.2, 0.25) is 0 Å². The fourth-order valence-corrected chi connectivity index (χ4v) is 13.2. The predicted molar refractivity (Wildman–Crippen MR) is 300 cm³/mol. The first-order chi connectivity index (χ1) is 35.3. The number of hydrogen-bond donors (Lipinski definition) is 0. The van der Waals surface area contributed by atoms with Crippen LogP contribution in [0.15, 0.2) is 237 Å². The largest absolute Gasteiger partial charge is 0.305 e. The van der Waals surface area contributed by atoms with Gasteiger partial charge in [0.05, 0.1) is 44.1 Å². The van der Waals surface area contributed by atoms with Gasteiger partial charge >= 0.3 is 0 Å². The van der Waals surface area contributed by atoms with E-state index in [9.17, 15) is 0 Å². The lowest BCUT2D eigenvalue weighted by Gasteiger charge is -2.27. The van der Waals surface area contributed by atoms with Crippen LogP contribution in [0.4, 0.5) is 0 Å². The molecule has 330 valence electrons. The Morgan fingerprint density at radius 2 is 0.535 bits per heavy atom. The molecule has 5 nitrogen and oxygen atoms in total. The number of para-hydroxylation sites is 8. The topological polar surface area (TPSA) is 32.6 Å². The van der Waals surface area contributed by atoms with Gasteiger partial charge in [-0.3, -0.25) is 9.13 Å². The highest BCUT2D eigenvalue weighted by Crippen LogP contribution is 2.50. The van der Waals surface area contributed by atoms with Crippen LogP contribution in [0.1, 0.15) is 0 Å². The molecule has 0 N–H and O–H groups in total. The fourth-order valence-electron chi connectivity index (χ4n) is 12.1. The van der Waals surface area contributed by atoms with Crippen molar-refractivity contribution in [2.24, 2.45) is 0 Å². The number of hydrogen-bond acceptors (Lipinski definition) is 2. The van der Waals surface area contributed by atoms with Crippen molar-refractivity contribution in [2.45, 2.75) is 0 Å². The van der Waals surface area contributed by atoms with Gasteiger partial charge in [-0.05, 0) is 66.2 Å². The molecule has 6 heteroatoms. The summed E-state index contributed by atoms with van der Waals surface area (Å²) in [5.41, 5.74) is 13.0. The molecule has 0 aliphatic heterocycles. The molecule has 0 saturated carbocycles. The molecule has 10 aromatic carbocycles. The van der Waals surface area contributed by atoms with Crippen molar-refractivity contribution in [1.29, 1.82) is 0 Å². The van der Waals surface area contributed by atoms with Crippen LogP contribution < -0.4 is 0 Å². The lowest BCUT2D eigenvalue weighted by atomic mass is 9.99. The molecule has 0 radical (unpaired) electrons. The van der Waals surface area contributed by atoms with Gasteiger partial charge in [-0.25, -0.2) is 4.98 Å². The first kappa shape index (κ1) is 38.7. The SMILES string of the molecule is c1ccc2c(c1)sc1cc(-c3c(-n4c5ccccc5c5ccccc54)c(-n4c5ccccc5c5ccccc54)nc(-n4c5ccccc5c5ccccc54)c3-n3c4ccccc4c4ccccc43)ccc12. The van der Waals surface area contributed by atoms with Crippen molar-refractivity contribution in [3.63, 3.8) is 0 Å². The molecule has 71 heavy (non-hydrogen) atoms. The highest BCUT2D eigenvalue weighted by molar-refractivity contribution is 7.25. The van der Waals surface area contributed by atoms with Crippen LogP contribution in [0.25, 0.3) is 142 Å². The molecule has 0 saturated heterocycles. The number of benzene rings is 10. The zero-order valence-corrected chi connectivity index (χ0v) is 39.0. The standard InChI is InChI=1S/C65H39N5S/c1-10-28-51-41(19-1)42-20-2-11-29-52(42)67(51)62-61(40-37-38-50-49-27-9-18-36-59(49)71-60(50)39-40)63(68-53-30-12-3-21-43(53)44-22-4-13-31-54(44)68)65(70-57-34-16-7-25-47(57)48-26-8-17-35-58(48)70)66-64(62)69-55-32-14-5-23-45(55)46-24-6-15-33-56(46)69/h1-39H. The molecule has 16 aromatic rings. The molecule has 0 fully saturated rings. The monoisotopic (exact) mass is 921 g/mol. The van der Waals surface area contributed by atoms with Gasteiger partial charge in [0, 0.05) is 68.8 Å². The number of nitrogens with zero attached hydrogens (tertiary/aromatic N) is 5. The normalized spacial score (nSPS) is 12.2. The second kappa shape index (κ2) is 14.6. The Kier molecular flexibility index (Phi) is 7.98. The Labute approximate surface area is 410 Å². The van der Waals surface area contributed by atoms with Crippen molar-refractivity contribution in [3.8, 4) is 34.1 Å². The summed E-state index contributed by atoms with van der Waals surface area (Å²) in [6, 6.07) is 86.9. The maximum absolute atomic E-state index is 6.37. The number of rotatable bonds is 5. The second-order valence-corrected chi connectivity index (χ2v) is 19.7. The van der Waals surface area contributed by atoms with Crippen LogP contribution >= 0.6 is 11.3 Å². The Bertz CT molecular complexity index is 4440. The average Bonchev–Trinajstić information content (AvgIpc) is 4.23. The molecule has 6 heterocycles. The summed E-state index contributed by atoms with van der Waals surface area (Å²) < 4.78 is 12.4. The highest BCUT2D eigenvalue weighted by Gasteiger charge is 2.32. The molecule has 0 aliphatic rings. The van der Waals surface area contributed by atoms with E-state index < -0.39 is 0 Å². The van der Waals surface area contributed by atoms with E-state index >= 15 is 0 Å². The molecule has 0 atom stereocenters. The van der Waals surface area contributed by atoms with Gasteiger partial charge < -0.3 is 9.13 Å². The van der Waals surface area contributed by atoms with E-state index in [1.165, 1.54) is 63.3 Å². The molecule has 6 aromatic heterocycles. The van der Waals surface area contributed by atoms with Crippen molar-refractivity contribution >= 4 is 119 Å². The van der Waals surface area contributed by atoms with Gasteiger partial charge in [0.2, 0.25) is 0 Å². The third-order valence-corrected chi connectivity index (χ3v) is 16.1. The number of thiophene rings is 1. The third-order valence-electron chi connectivity index (χ3n) is 15.0. The van der Waals surface area contributed by atoms with E-state index in [0.717, 1.165) is 78.3 Å². The van der Waals surface area contributed by atoms with E-state index in [1.807, 2.05) is 11.3 Å². The van der Waals surface area contributed by atoms with Gasteiger partial charge in [0.25, 0.3) is 0 Å². The molecular formula is C65H39N5S. The van der Waals surface area contributed by atoms with Gasteiger partial charge in [-0.1, -0.05) is 176 Å². The smallest absolute Gasteiger partial charge is 0.165 e. The third kappa shape index (κ3) is 5.31. The molecule has 16 rings (SSSR count). The summed E-state index contributed by atoms with van der Waals surface area (Å²) in [4.78, 5) is 6.37. The van der Waals surface area contributed by atoms with E-state index in [-0.39, 0.29) is 0 Å². The number of aromatic nitrogens is 5. The first-order valence-electron chi connectivity index (χ1n) is 24.2. The van der Waals surface area contributed by atoms with E-state index in [0.29, 0.717) is 0 Å². The van der Waals surface area contributed by atoms with Gasteiger partial charge in [-0.2, -0.15) is 0 Å². The summed E-state index contributed by atoms with van der Waals surface area (Å²) >= 11 is 1.86. The molecule has 0 bridgehead atoms. The lowest BCUT2D eigenvalue weighted by Crippen LogP contribution is -2.16. The first-order valence-corrected chi connectivity index (χ1v) is 25.0. The van der Waals surface area contributed by atoms with Gasteiger partial charge in [0.15, 0.2) is 11.6 Å². The maximum Gasteiger partial charge on any atom is 0.165 e. The fraction of sp³-hybridized carbons (Fsp3) is 0. The second-order valence-electron chi connectivity index (χ2n) is 18.6. The number of fused-ring (bicyclic) bond motifs is 15. The molecular weight excluding hydrogens is 883 g/mol. The molecule has 0 amide bonds. The summed E-state index contributed by atoms with van der Waals surface area (Å²) in [7, 11) is 0. The lowest BCUT2D eigenvalue weighted by molar-refractivity contribution is 0.961. The van der Waals surface area contributed by atoms with E-state index in [1.54, 1.807) is 0 Å². The summed E-state index contributed by atoms with van der Waals surface area (Å²) in [5, 5.41) is 12.0. The average molecular weight is 922 g/mol. The van der Waals surface area contributed by atoms with Gasteiger partial charge in [-0.15, -0.1) is 11.3 Å². The van der Waals surface area contributed by atoms with Crippen molar-refractivity contribution in [1.82, 2.24) is 23.3 Å². The minimum absolute atomic E-state index is 0.835. The predicted octanol–water partition coefficient (Wildman–Crippen LogP) is 17.5. The Balaban J connectivity index is 1.24. The van der Waals surface area contributed by atoms with Crippen molar-refractivity contribution < 1.29 is 0 Å². The molecule has 0 spiro atoms. The maximum atomic E-state index is 6.37. The summed E-state index contributed by atoms with van der Waals surface area (Å²) in [6.07, 6.45) is 0. The Hall–Kier alpha value is -9.23. The molecule has 0 unspecified atom stereocenters. The van der Waals surface area contributed by atoms with Crippen LogP contribution in [0.5, 0.6) is 0 Å². The number of pyridine rings is 1. The highest BCUT2D eigenvalue weighted by atomic mass is 32.1. The Morgan fingerprint density at radius 3 is 0.887 bits per heavy atom. The quantitative estimate of drug-likeness (QED) is 0.169. The van der Waals surface area contributed by atoms with Crippen LogP contribution in [-0.4, -0.2) is 23.3 Å². The van der Waals surface area contributed by atoms with Crippen LogP contribution in [0.3, 0.4) is 0 Å². The van der Waals surface area contributed by atoms with Gasteiger partial charge in [0.1, 0.15) is 11.4 Å². The van der Waals surface area contributed by atoms with Crippen molar-refractivity contribution in [3.05, 3.63) is 237 Å². The molecule has 0 aliphatic carbocycles. The van der Waals surface area contributed by atoms with E-state index in [4.69, 9.17) is 4.98 Å². The van der Waals surface area contributed by atoms with Crippen molar-refractivity contribution in [2.75, 3.05) is 0 Å². The van der Waals surface area contributed by atoms with Crippen LogP contribution in [-0.2, 0) is 0 Å².